The lowest BCUT2D eigenvalue weighted by molar-refractivity contribution is 0.131. The van der Waals surface area contributed by atoms with E-state index >= 15 is 0 Å². The van der Waals surface area contributed by atoms with E-state index < -0.39 is 0 Å². The van der Waals surface area contributed by atoms with E-state index in [0.717, 1.165) is 22.5 Å². The third kappa shape index (κ3) is 2.07. The number of rotatable bonds is 1. The molecule has 0 bridgehead atoms. The first-order chi connectivity index (χ1) is 6.99. The second kappa shape index (κ2) is 3.63. The van der Waals surface area contributed by atoms with Gasteiger partial charge in [0.1, 0.15) is 5.60 Å². The number of aliphatic imine (C=N–C) groups is 1. The zero-order chi connectivity index (χ0) is 11.1. The lowest BCUT2D eigenvalue weighted by atomic mass is 10.1. The number of halogens is 1. The summed E-state index contributed by atoms with van der Waals surface area (Å²) < 4.78 is 6.89. The molecule has 0 saturated carbocycles. The molecule has 1 aromatic rings. The molecule has 0 aromatic heterocycles. The summed E-state index contributed by atoms with van der Waals surface area (Å²) >= 11 is 3.51. The van der Waals surface area contributed by atoms with Crippen LogP contribution in [0.2, 0.25) is 0 Å². The molecule has 0 spiro atoms. The van der Waals surface area contributed by atoms with Crippen molar-refractivity contribution in [2.75, 3.05) is 6.54 Å². The molecule has 1 aliphatic heterocycles. The standard InChI is InChI=1S/C12H14BrNO/c1-8-9(5-4-6-10(8)13)11-14-7-12(2,3)15-11/h4-6H,7H2,1-3H3. The first kappa shape index (κ1) is 10.7. The van der Waals surface area contributed by atoms with Crippen molar-refractivity contribution in [2.45, 2.75) is 26.4 Å². The number of benzene rings is 1. The van der Waals surface area contributed by atoms with Crippen LogP contribution in [0.4, 0.5) is 0 Å². The van der Waals surface area contributed by atoms with Crippen LogP contribution in [0, 0.1) is 6.92 Å². The van der Waals surface area contributed by atoms with E-state index in [1.54, 1.807) is 0 Å². The van der Waals surface area contributed by atoms with Crippen LogP contribution >= 0.6 is 15.9 Å². The van der Waals surface area contributed by atoms with E-state index in [9.17, 15) is 0 Å². The van der Waals surface area contributed by atoms with Crippen LogP contribution in [0.3, 0.4) is 0 Å². The molecule has 0 saturated heterocycles. The zero-order valence-corrected chi connectivity index (χ0v) is 10.8. The van der Waals surface area contributed by atoms with Gasteiger partial charge < -0.3 is 4.74 Å². The first-order valence-electron chi connectivity index (χ1n) is 4.98. The summed E-state index contributed by atoms with van der Waals surface area (Å²) in [7, 11) is 0. The van der Waals surface area contributed by atoms with Crippen molar-refractivity contribution in [3.05, 3.63) is 33.8 Å². The van der Waals surface area contributed by atoms with Crippen molar-refractivity contribution in [3.63, 3.8) is 0 Å². The van der Waals surface area contributed by atoms with Gasteiger partial charge in [0.05, 0.1) is 6.54 Å². The van der Waals surface area contributed by atoms with Crippen LogP contribution in [-0.2, 0) is 4.74 Å². The lowest BCUT2D eigenvalue weighted by Crippen LogP contribution is -2.24. The lowest BCUT2D eigenvalue weighted by Gasteiger charge is -2.18. The Morgan fingerprint density at radius 2 is 2.13 bits per heavy atom. The Balaban J connectivity index is 2.36. The Labute approximate surface area is 98.5 Å². The highest BCUT2D eigenvalue weighted by atomic mass is 79.9. The van der Waals surface area contributed by atoms with Crippen molar-refractivity contribution in [3.8, 4) is 0 Å². The van der Waals surface area contributed by atoms with Gasteiger partial charge in [0.15, 0.2) is 0 Å². The average molecular weight is 268 g/mol. The van der Waals surface area contributed by atoms with Crippen LogP contribution < -0.4 is 0 Å². The highest BCUT2D eigenvalue weighted by molar-refractivity contribution is 9.10. The van der Waals surface area contributed by atoms with Crippen LogP contribution in [0.15, 0.2) is 27.7 Å². The third-order valence-corrected chi connectivity index (χ3v) is 3.33. The van der Waals surface area contributed by atoms with Crippen molar-refractivity contribution >= 4 is 21.8 Å². The Kier molecular flexibility index (Phi) is 2.59. The largest absolute Gasteiger partial charge is 0.469 e. The van der Waals surface area contributed by atoms with E-state index in [1.165, 1.54) is 5.56 Å². The average Bonchev–Trinajstić information content (AvgIpc) is 2.51. The molecule has 3 heteroatoms. The molecule has 2 rings (SSSR count). The van der Waals surface area contributed by atoms with E-state index in [-0.39, 0.29) is 5.60 Å². The van der Waals surface area contributed by atoms with Crippen molar-refractivity contribution in [2.24, 2.45) is 4.99 Å². The highest BCUT2D eigenvalue weighted by Crippen LogP contribution is 2.25. The Morgan fingerprint density at radius 1 is 1.40 bits per heavy atom. The predicted octanol–water partition coefficient (Wildman–Crippen LogP) is 3.31. The zero-order valence-electron chi connectivity index (χ0n) is 9.17. The molecule has 0 aliphatic carbocycles. The molecule has 0 fully saturated rings. The van der Waals surface area contributed by atoms with E-state index in [1.807, 2.05) is 18.2 Å². The molecule has 1 aromatic carbocycles. The molecular weight excluding hydrogens is 254 g/mol. The summed E-state index contributed by atoms with van der Waals surface area (Å²) in [4.78, 5) is 4.43. The van der Waals surface area contributed by atoms with E-state index in [4.69, 9.17) is 4.74 Å². The fourth-order valence-electron chi connectivity index (χ4n) is 1.57. The fraction of sp³-hybridized carbons (Fsp3) is 0.417. The minimum atomic E-state index is -0.163. The summed E-state index contributed by atoms with van der Waals surface area (Å²) in [6.45, 7) is 6.90. The third-order valence-electron chi connectivity index (χ3n) is 2.47. The Bertz CT molecular complexity index is 424. The number of hydrogen-bond donors (Lipinski definition) is 0. The minimum absolute atomic E-state index is 0.163. The van der Waals surface area contributed by atoms with Gasteiger partial charge in [0.2, 0.25) is 5.90 Å². The van der Waals surface area contributed by atoms with Gasteiger partial charge in [-0.3, -0.25) is 0 Å². The van der Waals surface area contributed by atoms with Crippen molar-refractivity contribution < 1.29 is 4.74 Å². The van der Waals surface area contributed by atoms with Gasteiger partial charge in [-0.15, -0.1) is 0 Å². The van der Waals surface area contributed by atoms with Gasteiger partial charge in [-0.2, -0.15) is 0 Å². The van der Waals surface area contributed by atoms with Gasteiger partial charge in [-0.1, -0.05) is 22.0 Å². The van der Waals surface area contributed by atoms with Crippen LogP contribution in [0.25, 0.3) is 0 Å². The molecule has 0 N–H and O–H groups in total. The molecule has 0 radical (unpaired) electrons. The van der Waals surface area contributed by atoms with Gasteiger partial charge in [-0.05, 0) is 38.5 Å². The molecule has 0 amide bonds. The molecular formula is C12H14BrNO. The molecule has 1 heterocycles. The Hall–Kier alpha value is -0.830. The SMILES string of the molecule is Cc1c(Br)cccc1C1=NCC(C)(C)O1. The minimum Gasteiger partial charge on any atom is -0.469 e. The predicted molar refractivity (Wildman–Crippen MR) is 65.4 cm³/mol. The summed E-state index contributed by atoms with van der Waals surface area (Å²) in [6.07, 6.45) is 0. The summed E-state index contributed by atoms with van der Waals surface area (Å²) in [5, 5.41) is 0. The van der Waals surface area contributed by atoms with Crippen molar-refractivity contribution in [1.29, 1.82) is 0 Å². The molecule has 2 nitrogen and oxygen atoms in total. The second-order valence-electron chi connectivity index (χ2n) is 4.40. The second-order valence-corrected chi connectivity index (χ2v) is 5.25. The maximum atomic E-state index is 5.80. The smallest absolute Gasteiger partial charge is 0.217 e. The topological polar surface area (TPSA) is 21.6 Å². The maximum absolute atomic E-state index is 5.80. The van der Waals surface area contributed by atoms with Gasteiger partial charge >= 0.3 is 0 Å². The summed E-state index contributed by atoms with van der Waals surface area (Å²) in [5.74, 6) is 0.763. The van der Waals surface area contributed by atoms with Crippen LogP contribution in [0.1, 0.15) is 25.0 Å². The normalized spacial score (nSPS) is 18.5. The molecule has 15 heavy (non-hydrogen) atoms. The number of hydrogen-bond acceptors (Lipinski definition) is 2. The summed E-state index contributed by atoms with van der Waals surface area (Å²) in [5.41, 5.74) is 2.09. The van der Waals surface area contributed by atoms with E-state index in [0.29, 0.717) is 0 Å². The fourth-order valence-corrected chi connectivity index (χ4v) is 1.93. The monoisotopic (exact) mass is 267 g/mol. The quantitative estimate of drug-likeness (QED) is 0.765. The van der Waals surface area contributed by atoms with Crippen LogP contribution in [-0.4, -0.2) is 18.0 Å². The Morgan fingerprint density at radius 3 is 2.73 bits per heavy atom. The van der Waals surface area contributed by atoms with E-state index in [2.05, 4.69) is 41.7 Å². The van der Waals surface area contributed by atoms with Crippen LogP contribution in [0.5, 0.6) is 0 Å². The van der Waals surface area contributed by atoms with Gasteiger partial charge in [0.25, 0.3) is 0 Å². The number of nitrogens with zero attached hydrogens (tertiary/aromatic N) is 1. The van der Waals surface area contributed by atoms with Gasteiger partial charge in [-0.25, -0.2) is 4.99 Å². The van der Waals surface area contributed by atoms with Gasteiger partial charge in [0, 0.05) is 10.0 Å². The maximum Gasteiger partial charge on any atom is 0.217 e. The van der Waals surface area contributed by atoms with Crippen molar-refractivity contribution in [1.82, 2.24) is 0 Å². The molecule has 80 valence electrons. The molecule has 0 atom stereocenters. The number of ether oxygens (including phenoxy) is 1. The summed E-state index contributed by atoms with van der Waals surface area (Å²) in [6, 6.07) is 6.07. The molecule has 0 unspecified atom stereocenters. The molecule has 1 aliphatic rings. The highest BCUT2D eigenvalue weighted by Gasteiger charge is 2.28. The first-order valence-corrected chi connectivity index (χ1v) is 5.78.